The maximum Gasteiger partial charge on any atom is 0.0525 e. The van der Waals surface area contributed by atoms with E-state index < -0.39 is 0 Å². The van der Waals surface area contributed by atoms with Gasteiger partial charge >= 0.3 is 0 Å². The zero-order valence-electron chi connectivity index (χ0n) is 12.4. The highest BCUT2D eigenvalue weighted by molar-refractivity contribution is 9.10. The lowest BCUT2D eigenvalue weighted by atomic mass is 9.61. The molecular weight excluding hydrogens is 298 g/mol. The Bertz CT molecular complexity index is 506. The number of hydrogen-bond donors (Lipinski definition) is 1. The van der Waals surface area contributed by atoms with Gasteiger partial charge in [-0.15, -0.1) is 0 Å². The van der Waals surface area contributed by atoms with Gasteiger partial charge in [0.2, 0.25) is 0 Å². The number of fused-ring (bicyclic) bond motifs is 2. The van der Waals surface area contributed by atoms with Gasteiger partial charge in [0, 0.05) is 10.5 Å². The highest BCUT2D eigenvalue weighted by atomic mass is 79.9. The quantitative estimate of drug-likeness (QED) is 0.686. The van der Waals surface area contributed by atoms with Gasteiger partial charge in [-0.3, -0.25) is 0 Å². The van der Waals surface area contributed by atoms with Crippen LogP contribution in [0.25, 0.3) is 0 Å². The van der Waals surface area contributed by atoms with Crippen LogP contribution >= 0.6 is 15.9 Å². The summed E-state index contributed by atoms with van der Waals surface area (Å²) in [5, 5.41) is 3.83. The number of aryl methyl sites for hydroxylation is 1. The normalized spacial score (nSPS) is 32.2. The van der Waals surface area contributed by atoms with Crippen LogP contribution in [0.1, 0.15) is 51.2 Å². The Labute approximate surface area is 125 Å². The van der Waals surface area contributed by atoms with E-state index >= 15 is 0 Å². The topological polar surface area (TPSA) is 12.0 Å². The van der Waals surface area contributed by atoms with Crippen LogP contribution in [0.2, 0.25) is 0 Å². The van der Waals surface area contributed by atoms with Crippen molar-refractivity contribution < 1.29 is 0 Å². The van der Waals surface area contributed by atoms with Crippen LogP contribution in [0.4, 0.5) is 5.69 Å². The highest BCUT2D eigenvalue weighted by Crippen LogP contribution is 2.51. The molecule has 1 N–H and O–H groups in total. The van der Waals surface area contributed by atoms with Gasteiger partial charge in [-0.1, -0.05) is 33.3 Å². The highest BCUT2D eigenvalue weighted by Gasteiger charge is 2.44. The van der Waals surface area contributed by atoms with Crippen molar-refractivity contribution in [3.8, 4) is 0 Å². The van der Waals surface area contributed by atoms with Crippen LogP contribution in [0.3, 0.4) is 0 Å². The third-order valence-electron chi connectivity index (χ3n) is 5.30. The molecule has 0 bridgehead atoms. The molecule has 1 fully saturated rings. The molecule has 1 heterocycles. The van der Waals surface area contributed by atoms with E-state index in [1.54, 1.807) is 0 Å². The summed E-state index contributed by atoms with van der Waals surface area (Å²) in [5.41, 5.74) is 4.46. The molecule has 0 radical (unpaired) electrons. The zero-order chi connectivity index (χ0) is 13.8. The third-order valence-corrected chi connectivity index (χ3v) is 5.92. The minimum atomic E-state index is 0.278. The largest absolute Gasteiger partial charge is 0.381 e. The molecule has 0 spiro atoms. The Morgan fingerprint density at radius 3 is 2.74 bits per heavy atom. The molecule has 1 aliphatic carbocycles. The van der Waals surface area contributed by atoms with Gasteiger partial charge in [-0.05, 0) is 70.1 Å². The van der Waals surface area contributed by atoms with E-state index in [0.717, 1.165) is 11.8 Å². The Kier molecular flexibility index (Phi) is 3.20. The average molecular weight is 322 g/mol. The smallest absolute Gasteiger partial charge is 0.0525 e. The predicted molar refractivity (Wildman–Crippen MR) is 85.8 cm³/mol. The summed E-state index contributed by atoms with van der Waals surface area (Å²) in [6.07, 6.45) is 4.05. The number of nitrogens with one attached hydrogen (secondary N) is 1. The Balaban J connectivity index is 2.10. The summed E-state index contributed by atoms with van der Waals surface area (Å²) in [6, 6.07) is 5.25. The summed E-state index contributed by atoms with van der Waals surface area (Å²) in [4.78, 5) is 0. The predicted octanol–water partition coefficient (Wildman–Crippen LogP) is 5.27. The first-order valence-corrected chi connectivity index (χ1v) is 8.26. The second-order valence-electron chi connectivity index (χ2n) is 7.17. The molecule has 2 heteroatoms. The fourth-order valence-electron chi connectivity index (χ4n) is 4.19. The Morgan fingerprint density at radius 1 is 1.26 bits per heavy atom. The number of benzene rings is 1. The molecule has 104 valence electrons. The van der Waals surface area contributed by atoms with Crippen molar-refractivity contribution in [2.45, 2.75) is 58.4 Å². The van der Waals surface area contributed by atoms with Crippen LogP contribution in [0, 0.1) is 18.8 Å². The van der Waals surface area contributed by atoms with Crippen LogP contribution in [0.5, 0.6) is 0 Å². The van der Waals surface area contributed by atoms with Gasteiger partial charge in [-0.25, -0.2) is 0 Å². The van der Waals surface area contributed by atoms with Gasteiger partial charge in [0.05, 0.1) is 5.69 Å². The van der Waals surface area contributed by atoms with Crippen molar-refractivity contribution in [3.63, 3.8) is 0 Å². The number of rotatable bonds is 0. The first-order chi connectivity index (χ1) is 8.89. The van der Waals surface area contributed by atoms with Crippen molar-refractivity contribution >= 4 is 21.6 Å². The molecule has 1 aromatic rings. The lowest BCUT2D eigenvalue weighted by Crippen LogP contribution is -2.49. The van der Waals surface area contributed by atoms with E-state index in [-0.39, 0.29) is 5.41 Å². The summed E-state index contributed by atoms with van der Waals surface area (Å²) in [6.45, 7) is 9.46. The summed E-state index contributed by atoms with van der Waals surface area (Å²) in [5.74, 6) is 1.63. The molecular formula is C17H24BrN. The van der Waals surface area contributed by atoms with Crippen molar-refractivity contribution in [3.05, 3.63) is 27.7 Å². The van der Waals surface area contributed by atoms with Gasteiger partial charge < -0.3 is 5.32 Å². The molecule has 0 amide bonds. The molecule has 1 aliphatic heterocycles. The lowest BCUT2D eigenvalue weighted by molar-refractivity contribution is 0.173. The summed E-state index contributed by atoms with van der Waals surface area (Å²) < 4.78 is 1.23. The Morgan fingerprint density at radius 2 is 2.00 bits per heavy atom. The van der Waals surface area contributed by atoms with Crippen LogP contribution in [0.15, 0.2) is 16.6 Å². The first-order valence-electron chi connectivity index (χ1n) is 7.46. The third kappa shape index (κ3) is 2.12. The maximum absolute atomic E-state index is 3.83. The van der Waals surface area contributed by atoms with E-state index in [2.05, 4.69) is 61.1 Å². The molecule has 0 unspecified atom stereocenters. The minimum Gasteiger partial charge on any atom is -0.381 e. The van der Waals surface area contributed by atoms with Crippen LogP contribution in [-0.2, 0) is 5.41 Å². The van der Waals surface area contributed by atoms with Gasteiger partial charge in [0.25, 0.3) is 0 Å². The summed E-state index contributed by atoms with van der Waals surface area (Å²) >= 11 is 3.75. The van der Waals surface area contributed by atoms with Crippen LogP contribution < -0.4 is 5.32 Å². The first kappa shape index (κ1) is 13.5. The molecule has 1 saturated carbocycles. The summed E-state index contributed by atoms with van der Waals surface area (Å²) in [7, 11) is 0. The van der Waals surface area contributed by atoms with Crippen LogP contribution in [-0.4, -0.2) is 6.04 Å². The van der Waals surface area contributed by atoms with E-state index in [0.29, 0.717) is 6.04 Å². The molecule has 1 nitrogen and oxygen atoms in total. The van der Waals surface area contributed by atoms with E-state index in [1.807, 2.05) is 0 Å². The molecule has 3 atom stereocenters. The second-order valence-corrected chi connectivity index (χ2v) is 8.02. The van der Waals surface area contributed by atoms with Gasteiger partial charge in [-0.2, -0.15) is 0 Å². The van der Waals surface area contributed by atoms with E-state index in [9.17, 15) is 0 Å². The SMILES string of the molecule is Cc1cc(Br)c2c(c1)C(C)(C)[C@@H]1CC[C@@H](C)C[C@H]1N2. The van der Waals surface area contributed by atoms with Crippen molar-refractivity contribution in [1.82, 2.24) is 0 Å². The fourth-order valence-corrected chi connectivity index (χ4v) is 4.88. The van der Waals surface area contributed by atoms with Crippen molar-refractivity contribution in [2.75, 3.05) is 5.32 Å². The molecule has 0 aromatic heterocycles. The van der Waals surface area contributed by atoms with Crippen molar-refractivity contribution in [1.29, 1.82) is 0 Å². The number of anilines is 1. The van der Waals surface area contributed by atoms with E-state index in [4.69, 9.17) is 0 Å². The zero-order valence-corrected chi connectivity index (χ0v) is 14.0. The second kappa shape index (κ2) is 4.51. The monoisotopic (exact) mass is 321 g/mol. The van der Waals surface area contributed by atoms with Crippen molar-refractivity contribution in [2.24, 2.45) is 11.8 Å². The average Bonchev–Trinajstić information content (AvgIpc) is 2.30. The van der Waals surface area contributed by atoms with Gasteiger partial charge in [0.1, 0.15) is 0 Å². The minimum absolute atomic E-state index is 0.278. The maximum atomic E-state index is 3.83. The van der Waals surface area contributed by atoms with E-state index in [1.165, 1.54) is 40.5 Å². The molecule has 19 heavy (non-hydrogen) atoms. The number of halogens is 1. The molecule has 1 aromatic carbocycles. The standard InChI is InChI=1S/C17H24BrN/c1-10-5-6-12-15(9-10)19-16-13(17(12,3)4)7-11(2)8-14(16)18/h7-8,10,12,15,19H,5-6,9H2,1-4H3/t10-,12-,15-/m1/s1. The molecule has 0 saturated heterocycles. The molecule has 3 rings (SSSR count). The number of hydrogen-bond acceptors (Lipinski definition) is 1. The molecule has 2 aliphatic rings. The van der Waals surface area contributed by atoms with Gasteiger partial charge in [0.15, 0.2) is 0 Å². The lowest BCUT2D eigenvalue weighted by Gasteiger charge is -2.50. The Hall–Kier alpha value is -0.500. The fraction of sp³-hybridized carbons (Fsp3) is 0.647.